The Morgan fingerprint density at radius 3 is 2.50 bits per heavy atom. The molecule has 3 nitrogen and oxygen atoms in total. The van der Waals surface area contributed by atoms with Gasteiger partial charge in [-0.25, -0.2) is 4.79 Å². The van der Waals surface area contributed by atoms with Gasteiger partial charge in [-0.3, -0.25) is 0 Å². The van der Waals surface area contributed by atoms with E-state index in [-0.39, 0.29) is 11.3 Å². The van der Waals surface area contributed by atoms with E-state index in [4.69, 9.17) is 5.11 Å². The molecule has 0 spiro atoms. The highest BCUT2D eigenvalue weighted by atomic mass is 16.4. The van der Waals surface area contributed by atoms with Crippen molar-refractivity contribution in [3.63, 3.8) is 0 Å². The Morgan fingerprint density at radius 1 is 1.29 bits per heavy atom. The Morgan fingerprint density at radius 2 is 1.93 bits per heavy atom. The monoisotopic (exact) mass is 192 g/mol. The van der Waals surface area contributed by atoms with E-state index in [0.29, 0.717) is 12.8 Å². The molecule has 3 heteroatoms. The molecule has 0 saturated heterocycles. The second-order valence-corrected chi connectivity index (χ2v) is 3.16. The van der Waals surface area contributed by atoms with Crippen LogP contribution in [0.1, 0.15) is 29.3 Å². The minimum absolute atomic E-state index is 0.0743. The van der Waals surface area contributed by atoms with Crippen LogP contribution in [-0.4, -0.2) is 16.9 Å². The normalized spacial score (nSPS) is 9.79. The lowest BCUT2D eigenvalue weighted by molar-refractivity contribution is -0.116. The van der Waals surface area contributed by atoms with E-state index in [9.17, 15) is 9.59 Å². The van der Waals surface area contributed by atoms with Crippen LogP contribution in [0.2, 0.25) is 0 Å². The summed E-state index contributed by atoms with van der Waals surface area (Å²) in [7, 11) is 0. The molecule has 0 aliphatic rings. The molecule has 74 valence electrons. The van der Waals surface area contributed by atoms with E-state index < -0.39 is 5.97 Å². The maximum absolute atomic E-state index is 10.8. The van der Waals surface area contributed by atoms with E-state index in [0.717, 1.165) is 5.56 Å². The highest BCUT2D eigenvalue weighted by molar-refractivity contribution is 5.89. The molecule has 0 heterocycles. The highest BCUT2D eigenvalue weighted by Gasteiger charge is 2.08. The molecule has 1 aromatic rings. The van der Waals surface area contributed by atoms with Crippen LogP contribution in [0, 0.1) is 0 Å². The number of carbonyl (C=O) groups is 2. The van der Waals surface area contributed by atoms with E-state index in [2.05, 4.69) is 0 Å². The summed E-state index contributed by atoms with van der Waals surface area (Å²) in [6.07, 6.45) is 0.891. The Balaban J connectivity index is 2.84. The lowest BCUT2D eigenvalue weighted by Gasteiger charge is -2.03. The number of ketones is 1. The number of carbonyl (C=O) groups excluding carboxylic acids is 1. The molecule has 0 aliphatic carbocycles. The quantitative estimate of drug-likeness (QED) is 0.792. The summed E-state index contributed by atoms with van der Waals surface area (Å²) in [6, 6.07) is 6.76. The van der Waals surface area contributed by atoms with E-state index in [1.165, 1.54) is 6.92 Å². The summed E-state index contributed by atoms with van der Waals surface area (Å²) in [5, 5.41) is 8.85. The van der Waals surface area contributed by atoms with Crippen LogP contribution in [0.4, 0.5) is 0 Å². The third-order valence-corrected chi connectivity index (χ3v) is 1.99. The minimum Gasteiger partial charge on any atom is -0.478 e. The number of carboxylic acids is 1. The summed E-state index contributed by atoms with van der Waals surface area (Å²) in [5.74, 6) is -0.866. The van der Waals surface area contributed by atoms with Gasteiger partial charge in [0, 0.05) is 6.42 Å². The number of rotatable bonds is 4. The van der Waals surface area contributed by atoms with Gasteiger partial charge in [0.15, 0.2) is 0 Å². The molecule has 1 aromatic carbocycles. The number of carboxylic acid groups (broad SMARTS) is 1. The first-order chi connectivity index (χ1) is 6.61. The van der Waals surface area contributed by atoms with Crippen LogP contribution in [0.15, 0.2) is 24.3 Å². The molecule has 0 fully saturated rings. The van der Waals surface area contributed by atoms with Crippen molar-refractivity contribution in [3.8, 4) is 0 Å². The molecule has 0 unspecified atom stereocenters. The van der Waals surface area contributed by atoms with Gasteiger partial charge in [0.05, 0.1) is 5.56 Å². The number of hydrogen-bond donors (Lipinski definition) is 1. The van der Waals surface area contributed by atoms with Gasteiger partial charge in [-0.05, 0) is 25.0 Å². The molecule has 14 heavy (non-hydrogen) atoms. The fraction of sp³-hybridized carbons (Fsp3) is 0.273. The van der Waals surface area contributed by atoms with Crippen molar-refractivity contribution < 1.29 is 14.7 Å². The standard InChI is InChI=1S/C11H12O3/c1-8(12)6-7-9-4-2-3-5-10(9)11(13)14/h2-5H,6-7H2,1H3,(H,13,14). The summed E-state index contributed by atoms with van der Waals surface area (Å²) in [4.78, 5) is 21.5. The SMILES string of the molecule is CC(=O)CCc1ccccc1C(=O)O. The predicted octanol–water partition coefficient (Wildman–Crippen LogP) is 1.91. The van der Waals surface area contributed by atoms with Crippen molar-refractivity contribution in [1.82, 2.24) is 0 Å². The van der Waals surface area contributed by atoms with Crippen molar-refractivity contribution in [2.24, 2.45) is 0 Å². The topological polar surface area (TPSA) is 54.4 Å². The van der Waals surface area contributed by atoms with Crippen LogP contribution >= 0.6 is 0 Å². The van der Waals surface area contributed by atoms with Crippen molar-refractivity contribution in [3.05, 3.63) is 35.4 Å². The molecule has 0 amide bonds. The number of benzene rings is 1. The second-order valence-electron chi connectivity index (χ2n) is 3.16. The van der Waals surface area contributed by atoms with E-state index in [1.54, 1.807) is 24.3 Å². The Labute approximate surface area is 82.4 Å². The summed E-state index contributed by atoms with van der Waals surface area (Å²) >= 11 is 0. The molecule has 1 rings (SSSR count). The number of aromatic carboxylic acids is 1. The molecule has 0 atom stereocenters. The molecule has 0 saturated carbocycles. The zero-order valence-electron chi connectivity index (χ0n) is 7.99. The van der Waals surface area contributed by atoms with Gasteiger partial charge in [0.2, 0.25) is 0 Å². The molecule has 0 radical (unpaired) electrons. The smallest absolute Gasteiger partial charge is 0.335 e. The zero-order chi connectivity index (χ0) is 10.6. The second kappa shape index (κ2) is 4.56. The third kappa shape index (κ3) is 2.69. The maximum atomic E-state index is 10.8. The first-order valence-electron chi connectivity index (χ1n) is 4.42. The van der Waals surface area contributed by atoms with Crippen molar-refractivity contribution >= 4 is 11.8 Å². The van der Waals surface area contributed by atoms with Crippen LogP contribution in [0.25, 0.3) is 0 Å². The molecular weight excluding hydrogens is 180 g/mol. The van der Waals surface area contributed by atoms with E-state index >= 15 is 0 Å². The number of hydrogen-bond acceptors (Lipinski definition) is 2. The summed E-state index contributed by atoms with van der Waals surface area (Å²) < 4.78 is 0. The van der Waals surface area contributed by atoms with Crippen molar-refractivity contribution in [2.45, 2.75) is 19.8 Å². The van der Waals surface area contributed by atoms with Crippen molar-refractivity contribution in [1.29, 1.82) is 0 Å². The first kappa shape index (κ1) is 10.4. The zero-order valence-corrected chi connectivity index (χ0v) is 7.99. The first-order valence-corrected chi connectivity index (χ1v) is 4.42. The Kier molecular flexibility index (Phi) is 3.40. The average molecular weight is 192 g/mol. The summed E-state index contributed by atoms with van der Waals surface area (Å²) in [5.41, 5.74) is 1.00. The van der Waals surface area contributed by atoms with Crippen molar-refractivity contribution in [2.75, 3.05) is 0 Å². The van der Waals surface area contributed by atoms with Gasteiger partial charge < -0.3 is 9.90 Å². The van der Waals surface area contributed by atoms with Gasteiger partial charge in [-0.15, -0.1) is 0 Å². The lowest BCUT2D eigenvalue weighted by Crippen LogP contribution is -2.03. The van der Waals surface area contributed by atoms with Gasteiger partial charge in [0.25, 0.3) is 0 Å². The Bertz CT molecular complexity index is 355. The van der Waals surface area contributed by atoms with Gasteiger partial charge in [-0.2, -0.15) is 0 Å². The Hall–Kier alpha value is -1.64. The fourth-order valence-corrected chi connectivity index (χ4v) is 1.26. The number of Topliss-reactive ketones (excluding diaryl/α,β-unsaturated/α-hetero) is 1. The van der Waals surface area contributed by atoms with Crippen LogP contribution < -0.4 is 0 Å². The number of aryl methyl sites for hydroxylation is 1. The molecular formula is C11H12O3. The largest absolute Gasteiger partial charge is 0.478 e. The fourth-order valence-electron chi connectivity index (χ4n) is 1.26. The van der Waals surface area contributed by atoms with Gasteiger partial charge in [-0.1, -0.05) is 18.2 Å². The van der Waals surface area contributed by atoms with Gasteiger partial charge in [0.1, 0.15) is 5.78 Å². The van der Waals surface area contributed by atoms with Gasteiger partial charge >= 0.3 is 5.97 Å². The van der Waals surface area contributed by atoms with Crippen LogP contribution in [0.5, 0.6) is 0 Å². The molecule has 0 bridgehead atoms. The summed E-state index contributed by atoms with van der Waals surface area (Å²) in [6.45, 7) is 1.50. The maximum Gasteiger partial charge on any atom is 0.335 e. The van der Waals surface area contributed by atoms with Crippen LogP contribution in [-0.2, 0) is 11.2 Å². The highest BCUT2D eigenvalue weighted by Crippen LogP contribution is 2.11. The molecule has 0 aromatic heterocycles. The minimum atomic E-state index is -0.941. The van der Waals surface area contributed by atoms with Crippen LogP contribution in [0.3, 0.4) is 0 Å². The molecule has 0 aliphatic heterocycles. The third-order valence-electron chi connectivity index (χ3n) is 1.99. The van der Waals surface area contributed by atoms with E-state index in [1.807, 2.05) is 0 Å². The molecule has 1 N–H and O–H groups in total. The lowest BCUT2D eigenvalue weighted by atomic mass is 10.0. The average Bonchev–Trinajstić information content (AvgIpc) is 2.15. The predicted molar refractivity (Wildman–Crippen MR) is 52.4 cm³/mol.